The third-order valence-corrected chi connectivity index (χ3v) is 29.4. The Bertz CT molecular complexity index is 6780. The maximum absolute atomic E-state index is 15.7. The zero-order chi connectivity index (χ0) is 101. The van der Waals surface area contributed by atoms with E-state index in [0.29, 0.717) is 126 Å². The second-order valence-corrected chi connectivity index (χ2v) is 38.8. The van der Waals surface area contributed by atoms with E-state index in [9.17, 15) is 44.6 Å². The summed E-state index contributed by atoms with van der Waals surface area (Å²) in [7, 11) is 0. The van der Waals surface area contributed by atoms with Gasteiger partial charge >= 0.3 is 0 Å². The lowest BCUT2D eigenvalue weighted by molar-refractivity contribution is -0.129. The van der Waals surface area contributed by atoms with E-state index in [1.165, 1.54) is 44.1 Å². The third-order valence-electron chi connectivity index (χ3n) is 24.1. The fourth-order valence-corrected chi connectivity index (χ4v) is 20.7. The van der Waals surface area contributed by atoms with E-state index in [0.717, 1.165) is 5.56 Å². The van der Waals surface area contributed by atoms with Crippen molar-refractivity contribution in [1.29, 1.82) is 15.8 Å². The number of nitrogens with zero attached hydrogens (tertiary/aromatic N) is 18. The molecule has 0 aliphatic carbocycles. The van der Waals surface area contributed by atoms with Crippen LogP contribution < -0.4 is 48.6 Å². The standard InChI is InChI=1S/C32H28Cl5N7O2.2C32H28Cl4FN7O2/c1-6-20(45)43-10-9-42(13-16(43)5)30-17-11-19(33)28(21-22(34)24(36)25(37)26(39)23(21)35)41-31(17)44(32(46)18(30)12-38)29-15(4)7-8-40-27(29)14(2)3;2*1-6-20(45)43-10-9-42(13-16(43)5)30-17-11-19(33)28(21-22(34)23(35)24(36)26(39)25(21)37)41-31(17)44(32(46)18(30)12-38)29-15(4)7-8-40-27(29)14(2)3/h3*6-8,11,14,16H,1,9-10,13,39H2,2-5H3/t3*16-/m111/s1. The fraction of sp³-hybridized carbons (Fsp3) is 0.281. The number of piperazine rings is 3. The maximum Gasteiger partial charge on any atom is 0.276 e. The first kappa shape index (κ1) is 104. The molecule has 3 atom stereocenters. The summed E-state index contributed by atoms with van der Waals surface area (Å²) in [6.45, 7) is 36.2. The Morgan fingerprint density at radius 2 is 0.652 bits per heavy atom. The van der Waals surface area contributed by atoms with Crippen LogP contribution in [0, 0.1) is 66.4 Å². The molecule has 3 aliphatic heterocycles. The molecule has 9 aromatic heterocycles. The van der Waals surface area contributed by atoms with Crippen molar-refractivity contribution in [1.82, 2.24) is 58.3 Å². The molecule has 3 aliphatic rings. The Kier molecular flexibility index (Phi) is 31.4. The molecule has 12 heterocycles. The molecule has 0 radical (unpaired) electrons. The van der Waals surface area contributed by atoms with E-state index in [1.807, 2.05) is 97.8 Å². The quantitative estimate of drug-likeness (QED) is 0.0371. The Morgan fingerprint density at radius 3 is 0.899 bits per heavy atom. The average Bonchev–Trinajstić information content (AvgIpc) is 0.726. The van der Waals surface area contributed by atoms with Crippen LogP contribution in [0.5, 0.6) is 0 Å². The van der Waals surface area contributed by atoms with E-state index in [-0.39, 0.29) is 203 Å². The lowest BCUT2D eigenvalue weighted by Gasteiger charge is -2.41. The predicted octanol–water partition coefficient (Wildman–Crippen LogP) is 22.4. The van der Waals surface area contributed by atoms with E-state index in [1.54, 1.807) is 57.6 Å². The van der Waals surface area contributed by atoms with Crippen LogP contribution in [0.4, 0.5) is 42.9 Å². The summed E-state index contributed by atoms with van der Waals surface area (Å²) < 4.78 is 35.5. The topological polar surface area (TPSA) is 363 Å². The van der Waals surface area contributed by atoms with Crippen LogP contribution in [0.1, 0.15) is 131 Å². The zero-order valence-electron chi connectivity index (χ0n) is 75.8. The minimum Gasteiger partial charge on any atom is -0.396 e. The van der Waals surface area contributed by atoms with Gasteiger partial charge in [-0.15, -0.1) is 0 Å². The molecule has 42 heteroatoms. The van der Waals surface area contributed by atoms with Gasteiger partial charge in [-0.05, 0) is 131 Å². The second-order valence-electron chi connectivity index (χ2n) is 33.8. The van der Waals surface area contributed by atoms with Crippen LogP contribution in [-0.2, 0) is 14.4 Å². The van der Waals surface area contributed by atoms with Gasteiger partial charge in [-0.3, -0.25) is 57.4 Å². The number of amides is 3. The first-order chi connectivity index (χ1) is 65.2. The van der Waals surface area contributed by atoms with Crippen LogP contribution in [0.3, 0.4) is 0 Å². The van der Waals surface area contributed by atoms with Crippen molar-refractivity contribution >= 4 is 236 Å². The summed E-state index contributed by atoms with van der Waals surface area (Å²) in [5.41, 5.74) is 20.5. The van der Waals surface area contributed by atoms with Gasteiger partial charge < -0.3 is 46.6 Å². The Balaban J connectivity index is 0.000000175. The van der Waals surface area contributed by atoms with Crippen LogP contribution in [0.25, 0.3) is 83.9 Å². The number of carbonyl (C=O) groups excluding carboxylic acids is 3. The van der Waals surface area contributed by atoms with E-state index >= 15 is 8.78 Å². The van der Waals surface area contributed by atoms with Crippen molar-refractivity contribution in [3.63, 3.8) is 0 Å². The smallest absolute Gasteiger partial charge is 0.276 e. The molecule has 27 nitrogen and oxygen atoms in total. The number of nitrogen functional groups attached to an aromatic ring is 3. The highest BCUT2D eigenvalue weighted by Gasteiger charge is 2.40. The number of nitriles is 3. The van der Waals surface area contributed by atoms with Crippen molar-refractivity contribution in [2.75, 3.05) is 90.8 Å². The van der Waals surface area contributed by atoms with Crippen molar-refractivity contribution in [3.05, 3.63) is 251 Å². The highest BCUT2D eigenvalue weighted by Crippen LogP contribution is 2.53. The van der Waals surface area contributed by atoms with E-state index in [2.05, 4.69) is 52.9 Å². The monoisotopic (exact) mass is 2120 g/mol. The predicted molar refractivity (Wildman–Crippen MR) is 551 cm³/mol. The Hall–Kier alpha value is -11.3. The van der Waals surface area contributed by atoms with Gasteiger partial charge in [-0.25, -0.2) is 23.7 Å². The molecule has 3 aromatic carbocycles. The molecule has 138 heavy (non-hydrogen) atoms. The largest absolute Gasteiger partial charge is 0.396 e. The van der Waals surface area contributed by atoms with Crippen LogP contribution in [0.2, 0.25) is 65.3 Å². The first-order valence-corrected chi connectivity index (χ1v) is 47.5. The second kappa shape index (κ2) is 41.6. The molecule has 0 saturated carbocycles. The minimum atomic E-state index is -0.992. The number of nitrogens with two attached hydrogens (primary N) is 3. The van der Waals surface area contributed by atoms with Gasteiger partial charge in [0.1, 0.15) is 51.8 Å². The molecule has 12 aromatic rings. The number of anilines is 6. The number of pyridine rings is 9. The lowest BCUT2D eigenvalue weighted by atomic mass is 10.0. The molecule has 0 bridgehead atoms. The van der Waals surface area contributed by atoms with Crippen LogP contribution in [0.15, 0.2) is 107 Å². The van der Waals surface area contributed by atoms with Crippen molar-refractivity contribution in [2.24, 2.45) is 0 Å². The zero-order valence-corrected chi connectivity index (χ0v) is 85.6. The van der Waals surface area contributed by atoms with Gasteiger partial charge in [-0.2, -0.15) is 15.8 Å². The average molecular weight is 2130 g/mol. The highest BCUT2D eigenvalue weighted by molar-refractivity contribution is 6.54. The number of benzene rings is 3. The molecule has 0 unspecified atom stereocenters. The number of halogens is 15. The van der Waals surface area contributed by atoms with Gasteiger partial charge in [0.2, 0.25) is 17.7 Å². The van der Waals surface area contributed by atoms with Gasteiger partial charge in [0.05, 0.1) is 162 Å². The summed E-state index contributed by atoms with van der Waals surface area (Å²) in [6, 6.07) is 15.4. The fourth-order valence-electron chi connectivity index (χ4n) is 17.5. The number of carbonyl (C=O) groups is 3. The van der Waals surface area contributed by atoms with E-state index < -0.39 is 39.7 Å². The number of aromatic nitrogens is 9. The molecular weight excluding hydrogens is 2040 g/mol. The minimum absolute atomic E-state index is 0.0188. The van der Waals surface area contributed by atoms with E-state index in [4.69, 9.17) is 183 Å². The Labute approximate surface area is 856 Å². The number of hydrogen-bond acceptors (Lipinski definition) is 21. The van der Waals surface area contributed by atoms with Crippen LogP contribution in [-0.4, -0.2) is 153 Å². The van der Waals surface area contributed by atoms with Crippen molar-refractivity contribution in [2.45, 2.75) is 119 Å². The number of fused-ring (bicyclic) bond motifs is 3. The summed E-state index contributed by atoms with van der Waals surface area (Å²) >= 11 is 84.4. The van der Waals surface area contributed by atoms with Gasteiger partial charge in [0.25, 0.3) is 16.7 Å². The van der Waals surface area contributed by atoms with Gasteiger partial charge in [0, 0.05) is 117 Å². The molecule has 3 saturated heterocycles. The Morgan fingerprint density at radius 1 is 0.399 bits per heavy atom. The molecule has 3 amide bonds. The van der Waals surface area contributed by atoms with Crippen LogP contribution >= 0.6 is 151 Å². The molecule has 0 spiro atoms. The van der Waals surface area contributed by atoms with Gasteiger partial charge in [0.15, 0.2) is 11.6 Å². The third kappa shape index (κ3) is 18.4. The number of rotatable bonds is 15. The SMILES string of the molecule is C=CC(=O)N1CCN(c2c(C#N)c(=O)n(-c3c(C)ccnc3C(C)C)c3nc(-c4c(Cl)c(N)c(Cl)c(Cl)c4Cl)c(Cl)cc23)C[C@H]1C.C=CC(=O)N1CCN(c2c(C#N)c(=O)n(-c3c(C)ccnc3C(C)C)c3nc(-c4c(F)c(N)c(Cl)c(Cl)c4Cl)c(Cl)cc23)C[C@H]1C.C=CC(=O)N1CCN(c2c(C#N)c(=O)n(-c3c(C)ccnc3C(C)C)c3nc(-c4c(F)c(N)c(Cl)c(Cl)c4Cl)c(Cl)cc23)C[C@H]1C. The summed E-state index contributed by atoms with van der Waals surface area (Å²) in [4.78, 5) is 120. The normalized spacial score (nSPS) is 15.0. The molecule has 6 N–H and O–H groups in total. The summed E-state index contributed by atoms with van der Waals surface area (Å²) in [6.07, 6.45) is 8.70. The van der Waals surface area contributed by atoms with Crippen molar-refractivity contribution in [3.8, 4) is 69.0 Å². The highest BCUT2D eigenvalue weighted by atomic mass is 35.5. The maximum atomic E-state index is 15.7. The summed E-state index contributed by atoms with van der Waals surface area (Å²) in [5, 5.41) is 30.9. The molecular formula is C96H84Cl13F2N21O6. The number of hydrogen-bond donors (Lipinski definition) is 3. The first-order valence-electron chi connectivity index (χ1n) is 42.6. The van der Waals surface area contributed by atoms with Crippen molar-refractivity contribution < 1.29 is 23.2 Å². The molecule has 15 rings (SSSR count). The molecule has 714 valence electrons. The van der Waals surface area contributed by atoms with Gasteiger partial charge in [-0.1, -0.05) is 212 Å². The summed E-state index contributed by atoms with van der Waals surface area (Å²) in [5.74, 6) is -3.00. The number of aryl methyl sites for hydroxylation is 3. The lowest BCUT2D eigenvalue weighted by Crippen LogP contribution is -2.54. The molecule has 3 fully saturated rings.